The highest BCUT2D eigenvalue weighted by Gasteiger charge is 2.25. The summed E-state index contributed by atoms with van der Waals surface area (Å²) in [5.41, 5.74) is 7.65. The van der Waals surface area contributed by atoms with Gasteiger partial charge >= 0.3 is 6.03 Å². The molecule has 34 heavy (non-hydrogen) atoms. The summed E-state index contributed by atoms with van der Waals surface area (Å²) in [5, 5.41) is 18.1. The fourth-order valence-electron chi connectivity index (χ4n) is 3.26. The number of hydrogen-bond acceptors (Lipinski definition) is 7. The smallest absolute Gasteiger partial charge is 0.347 e. The first kappa shape index (κ1) is 21.5. The first-order valence-corrected chi connectivity index (χ1v) is 10.4. The number of carbonyl (C=O) groups is 1. The minimum atomic E-state index is -0.583. The van der Waals surface area contributed by atoms with Crippen LogP contribution in [0.2, 0.25) is 10.0 Å². The summed E-state index contributed by atoms with van der Waals surface area (Å²) >= 11 is 12.9. The van der Waals surface area contributed by atoms with Gasteiger partial charge in [-0.1, -0.05) is 29.8 Å². The Morgan fingerprint density at radius 1 is 1.09 bits per heavy atom. The summed E-state index contributed by atoms with van der Waals surface area (Å²) in [5.74, 6) is 0.163. The van der Waals surface area contributed by atoms with E-state index < -0.39 is 11.6 Å². The van der Waals surface area contributed by atoms with Crippen LogP contribution in [0.5, 0.6) is 11.6 Å². The van der Waals surface area contributed by atoms with E-state index in [1.807, 2.05) is 12.1 Å². The molecule has 4 heterocycles. The van der Waals surface area contributed by atoms with E-state index in [2.05, 4.69) is 32.3 Å². The van der Waals surface area contributed by atoms with Gasteiger partial charge in [0.15, 0.2) is 11.6 Å². The van der Waals surface area contributed by atoms with Crippen LogP contribution in [0.15, 0.2) is 71.0 Å². The normalized spacial score (nSPS) is 13.7. The van der Waals surface area contributed by atoms with E-state index in [4.69, 9.17) is 33.7 Å². The number of rotatable bonds is 4. The second kappa shape index (κ2) is 8.21. The molecule has 0 saturated carbocycles. The molecule has 1 aliphatic rings. The summed E-state index contributed by atoms with van der Waals surface area (Å²) in [7, 11) is 0. The molecule has 2 amide bonds. The van der Waals surface area contributed by atoms with Gasteiger partial charge in [0, 0.05) is 18.5 Å². The number of amidine groups is 1. The molecule has 0 radical (unpaired) electrons. The van der Waals surface area contributed by atoms with Crippen LogP contribution >= 0.6 is 23.2 Å². The number of urea groups is 1. The first-order valence-electron chi connectivity index (χ1n) is 9.65. The van der Waals surface area contributed by atoms with Crippen molar-refractivity contribution < 1.29 is 9.53 Å². The van der Waals surface area contributed by atoms with Crippen LogP contribution in [0.25, 0.3) is 16.6 Å². The van der Waals surface area contributed by atoms with Gasteiger partial charge in [-0.25, -0.2) is 14.4 Å². The van der Waals surface area contributed by atoms with Gasteiger partial charge in [-0.3, -0.25) is 4.79 Å². The Morgan fingerprint density at radius 2 is 1.85 bits per heavy atom. The largest absolute Gasteiger partial charge is 0.434 e. The highest BCUT2D eigenvalue weighted by molar-refractivity contribution is 6.37. The van der Waals surface area contributed by atoms with Crippen molar-refractivity contribution in [2.45, 2.75) is 0 Å². The molecule has 5 rings (SSSR count). The molecule has 4 aromatic rings. The Balaban J connectivity index is 1.54. The van der Waals surface area contributed by atoms with Crippen molar-refractivity contribution in [2.75, 3.05) is 5.01 Å². The summed E-state index contributed by atoms with van der Waals surface area (Å²) in [6.45, 7) is 3.60. The lowest BCUT2D eigenvalue weighted by molar-refractivity contribution is 0.248. The number of carbonyl (C=O) groups excluding carboxylic acids is 1. The molecule has 0 fully saturated rings. The lowest BCUT2D eigenvalue weighted by Gasteiger charge is -2.24. The van der Waals surface area contributed by atoms with Gasteiger partial charge in [-0.05, 0) is 35.9 Å². The number of nitrogens with two attached hydrogens (primary N) is 1. The monoisotopic (exact) mass is 496 g/mol. The number of aromatic nitrogens is 4. The van der Waals surface area contributed by atoms with Crippen molar-refractivity contribution in [2.24, 2.45) is 10.8 Å². The van der Waals surface area contributed by atoms with E-state index in [1.54, 1.807) is 23.0 Å². The maximum absolute atomic E-state index is 12.3. The average molecular weight is 497 g/mol. The molecule has 1 aliphatic heterocycles. The average Bonchev–Trinajstić information content (AvgIpc) is 3.27. The number of H-pyrrole nitrogens is 1. The zero-order valence-electron chi connectivity index (χ0n) is 17.1. The maximum atomic E-state index is 12.3. The fourth-order valence-corrected chi connectivity index (χ4v) is 3.82. The molecule has 0 saturated heterocycles. The number of amides is 2. The summed E-state index contributed by atoms with van der Waals surface area (Å²) < 4.78 is 7.60. The second-order valence-electron chi connectivity index (χ2n) is 7.11. The zero-order chi connectivity index (χ0) is 24.0. The van der Waals surface area contributed by atoms with Crippen LogP contribution in [0, 0.1) is 0 Å². The summed E-state index contributed by atoms with van der Waals surface area (Å²) in [4.78, 5) is 24.3. The van der Waals surface area contributed by atoms with E-state index >= 15 is 0 Å². The van der Waals surface area contributed by atoms with Crippen LogP contribution in [0.1, 0.15) is 0 Å². The Morgan fingerprint density at radius 3 is 2.62 bits per heavy atom. The minimum Gasteiger partial charge on any atom is -0.434 e. The van der Waals surface area contributed by atoms with Crippen molar-refractivity contribution in [3.8, 4) is 22.8 Å². The number of pyridine rings is 1. The molecule has 11 nitrogen and oxygen atoms in total. The van der Waals surface area contributed by atoms with Crippen molar-refractivity contribution in [3.63, 3.8) is 0 Å². The molecule has 3 aromatic heterocycles. The standard InChI is InChI=1S/C21H14Cl2N8O3/c1-10-19(24)29-31(21(33)26-10)13-7-15(22)18(16(23)8-13)34-20-14(9-17(32)27-28-20)11-3-5-30-12(6-11)2-4-25-30/h2-9H,1H2,(H2,24,29)(H,26,33)(H,27,32). The molecule has 1 aromatic carbocycles. The molecule has 0 unspecified atom stereocenters. The van der Waals surface area contributed by atoms with E-state index in [0.29, 0.717) is 11.1 Å². The Labute approximate surface area is 201 Å². The van der Waals surface area contributed by atoms with Gasteiger partial charge in [0.2, 0.25) is 5.88 Å². The molecule has 0 atom stereocenters. The van der Waals surface area contributed by atoms with E-state index in [9.17, 15) is 9.59 Å². The lowest BCUT2D eigenvalue weighted by Crippen LogP contribution is -2.45. The number of nitrogens with one attached hydrogen (secondary N) is 2. The predicted molar refractivity (Wildman–Crippen MR) is 127 cm³/mol. The molecule has 0 aliphatic carbocycles. The Hall–Kier alpha value is -4.35. The van der Waals surface area contributed by atoms with Gasteiger partial charge in [0.25, 0.3) is 5.56 Å². The number of halogens is 2. The van der Waals surface area contributed by atoms with Crippen LogP contribution in [0.4, 0.5) is 10.5 Å². The van der Waals surface area contributed by atoms with E-state index in [0.717, 1.165) is 10.5 Å². The molecule has 0 spiro atoms. The number of nitrogens with zero attached hydrogens (tertiary/aromatic N) is 5. The Kier molecular flexibility index (Phi) is 5.19. The third-order valence-corrected chi connectivity index (χ3v) is 5.44. The first-order chi connectivity index (χ1) is 16.3. The molecule has 170 valence electrons. The van der Waals surface area contributed by atoms with Gasteiger partial charge in [0.1, 0.15) is 0 Å². The van der Waals surface area contributed by atoms with Crippen molar-refractivity contribution in [1.29, 1.82) is 0 Å². The van der Waals surface area contributed by atoms with Crippen molar-refractivity contribution >= 4 is 46.3 Å². The molecule has 4 N–H and O–H groups in total. The van der Waals surface area contributed by atoms with Crippen LogP contribution in [-0.4, -0.2) is 31.7 Å². The predicted octanol–water partition coefficient (Wildman–Crippen LogP) is 3.50. The zero-order valence-corrected chi connectivity index (χ0v) is 18.6. The molecule has 13 heteroatoms. The highest BCUT2D eigenvalue weighted by Crippen LogP contribution is 2.41. The van der Waals surface area contributed by atoms with Crippen LogP contribution in [0.3, 0.4) is 0 Å². The van der Waals surface area contributed by atoms with Crippen molar-refractivity contribution in [3.05, 3.63) is 81.5 Å². The number of hydrazone groups is 1. The number of aromatic amines is 1. The maximum Gasteiger partial charge on any atom is 0.347 e. The lowest BCUT2D eigenvalue weighted by atomic mass is 10.1. The molecule has 0 bridgehead atoms. The Bertz CT molecular complexity index is 1550. The van der Waals surface area contributed by atoms with Crippen LogP contribution in [-0.2, 0) is 0 Å². The summed E-state index contributed by atoms with van der Waals surface area (Å²) in [6, 6.07) is 9.03. The third-order valence-electron chi connectivity index (χ3n) is 4.88. The number of hydrogen-bond donors (Lipinski definition) is 3. The number of benzene rings is 1. The van der Waals surface area contributed by atoms with E-state index in [1.165, 1.54) is 18.2 Å². The SMILES string of the molecule is C=C1NC(=O)N(c2cc(Cl)c(Oc3n[nH]c(=O)cc3-c3ccn4nccc4c3)c(Cl)c2)N=C1N. The van der Waals surface area contributed by atoms with Gasteiger partial charge in [-0.15, -0.1) is 10.2 Å². The van der Waals surface area contributed by atoms with Crippen molar-refractivity contribution in [1.82, 2.24) is 25.1 Å². The number of fused-ring (bicyclic) bond motifs is 1. The molecular formula is C21H14Cl2N8O3. The summed E-state index contributed by atoms with van der Waals surface area (Å²) in [6.07, 6.45) is 3.40. The quantitative estimate of drug-likeness (QED) is 0.394. The van der Waals surface area contributed by atoms with E-state index in [-0.39, 0.29) is 38.9 Å². The van der Waals surface area contributed by atoms with Gasteiger partial charge < -0.3 is 15.8 Å². The fraction of sp³-hybridized carbons (Fsp3) is 0. The number of anilines is 1. The second-order valence-corrected chi connectivity index (χ2v) is 7.93. The highest BCUT2D eigenvalue weighted by atomic mass is 35.5. The van der Waals surface area contributed by atoms with Crippen LogP contribution < -0.4 is 26.4 Å². The van der Waals surface area contributed by atoms with Gasteiger partial charge in [0.05, 0.1) is 32.5 Å². The number of ether oxygens (including phenoxy) is 1. The minimum absolute atomic E-state index is 0.0319. The third kappa shape index (κ3) is 3.83. The topological polar surface area (TPSA) is 143 Å². The molecular weight excluding hydrogens is 483 g/mol. The van der Waals surface area contributed by atoms with Gasteiger partial charge in [-0.2, -0.15) is 10.1 Å².